The maximum atomic E-state index is 5.44. The number of rotatable bonds is 5. The van der Waals surface area contributed by atoms with E-state index in [1.807, 2.05) is 24.3 Å². The number of terminal acetylenes is 1. The summed E-state index contributed by atoms with van der Waals surface area (Å²) in [6.45, 7) is 6.66. The Hall–Kier alpha value is -2.20. The van der Waals surface area contributed by atoms with Crippen molar-refractivity contribution in [1.29, 1.82) is 0 Å². The molecule has 0 saturated heterocycles. The molecule has 0 fully saturated rings. The summed E-state index contributed by atoms with van der Waals surface area (Å²) in [4.78, 5) is 0. The summed E-state index contributed by atoms with van der Waals surface area (Å²) >= 11 is 0. The minimum absolute atomic E-state index is 0.256. The first-order chi connectivity index (χ1) is 10.1. The van der Waals surface area contributed by atoms with Gasteiger partial charge in [0.05, 0.1) is 0 Å². The molecule has 2 aromatic rings. The van der Waals surface area contributed by atoms with E-state index in [1.54, 1.807) is 0 Å². The van der Waals surface area contributed by atoms with E-state index in [2.05, 4.69) is 56.3 Å². The van der Waals surface area contributed by atoms with Gasteiger partial charge in [-0.25, -0.2) is 0 Å². The lowest BCUT2D eigenvalue weighted by molar-refractivity contribution is 0.647. The van der Waals surface area contributed by atoms with Crippen LogP contribution in [0.1, 0.15) is 43.5 Å². The lowest BCUT2D eigenvalue weighted by Gasteiger charge is -2.16. The van der Waals surface area contributed by atoms with Crippen LogP contribution in [0.5, 0.6) is 0 Å². The van der Waals surface area contributed by atoms with E-state index >= 15 is 0 Å². The molecule has 108 valence electrons. The molecule has 0 aliphatic heterocycles. The van der Waals surface area contributed by atoms with Crippen molar-refractivity contribution < 1.29 is 0 Å². The Bertz CT molecular complexity index is 617. The molecule has 0 heterocycles. The van der Waals surface area contributed by atoms with Crippen LogP contribution in [0.25, 0.3) is 0 Å². The summed E-state index contributed by atoms with van der Waals surface area (Å²) in [5.41, 5.74) is 4.65. The second-order valence-electron chi connectivity index (χ2n) is 5.93. The first kappa shape index (κ1) is 15.2. The Balaban J connectivity index is 2.06. The molecule has 0 aliphatic carbocycles. The number of nitrogens with one attached hydrogen (secondary N) is 1. The van der Waals surface area contributed by atoms with E-state index in [0.29, 0.717) is 5.92 Å². The Labute approximate surface area is 128 Å². The molecule has 0 radical (unpaired) electrons. The SMILES string of the molecule is C#Cc1cccc(NC(C)c2ccc(CC(C)C)cc2)c1. The van der Waals surface area contributed by atoms with Crippen molar-refractivity contribution >= 4 is 5.69 Å². The molecule has 1 N–H and O–H groups in total. The summed E-state index contributed by atoms with van der Waals surface area (Å²) in [5.74, 6) is 3.36. The maximum absolute atomic E-state index is 5.44. The zero-order valence-electron chi connectivity index (χ0n) is 13.1. The Morgan fingerprint density at radius 2 is 1.76 bits per heavy atom. The lowest BCUT2D eigenvalue weighted by Crippen LogP contribution is -2.07. The highest BCUT2D eigenvalue weighted by atomic mass is 14.9. The first-order valence-corrected chi connectivity index (χ1v) is 7.50. The number of anilines is 1. The average Bonchev–Trinajstić information content (AvgIpc) is 2.47. The molecule has 2 rings (SSSR count). The van der Waals surface area contributed by atoms with Crippen molar-refractivity contribution in [1.82, 2.24) is 0 Å². The summed E-state index contributed by atoms with van der Waals surface area (Å²) in [7, 11) is 0. The zero-order chi connectivity index (χ0) is 15.2. The smallest absolute Gasteiger partial charge is 0.0485 e. The van der Waals surface area contributed by atoms with Crippen molar-refractivity contribution in [3.05, 3.63) is 65.2 Å². The summed E-state index contributed by atoms with van der Waals surface area (Å²) in [6, 6.07) is 17.1. The predicted molar refractivity (Wildman–Crippen MR) is 91.4 cm³/mol. The summed E-state index contributed by atoms with van der Waals surface area (Å²) < 4.78 is 0. The molecule has 0 bridgehead atoms. The molecule has 1 unspecified atom stereocenters. The van der Waals surface area contributed by atoms with Gasteiger partial charge in [0.1, 0.15) is 0 Å². The van der Waals surface area contributed by atoms with Crippen LogP contribution in [0.3, 0.4) is 0 Å². The van der Waals surface area contributed by atoms with Crippen LogP contribution in [-0.2, 0) is 6.42 Å². The number of hydrogen-bond donors (Lipinski definition) is 1. The van der Waals surface area contributed by atoms with Crippen molar-refractivity contribution in [2.45, 2.75) is 33.2 Å². The standard InChI is InChI=1S/C20H23N/c1-5-17-7-6-8-20(14-17)21-16(4)19-11-9-18(10-12-19)13-15(2)3/h1,6-12,14-16,21H,13H2,2-4H3. The van der Waals surface area contributed by atoms with E-state index in [0.717, 1.165) is 17.7 Å². The van der Waals surface area contributed by atoms with Gasteiger partial charge in [0, 0.05) is 17.3 Å². The molecule has 1 atom stereocenters. The van der Waals surface area contributed by atoms with Crippen LogP contribution in [0.15, 0.2) is 48.5 Å². The average molecular weight is 277 g/mol. The quantitative estimate of drug-likeness (QED) is 0.755. The molecule has 0 amide bonds. The third-order valence-electron chi connectivity index (χ3n) is 3.54. The molecule has 0 saturated carbocycles. The van der Waals surface area contributed by atoms with Gasteiger partial charge in [-0.2, -0.15) is 0 Å². The number of benzene rings is 2. The van der Waals surface area contributed by atoms with Crippen molar-refractivity contribution in [3.8, 4) is 12.3 Å². The van der Waals surface area contributed by atoms with Crippen LogP contribution in [-0.4, -0.2) is 0 Å². The van der Waals surface area contributed by atoms with Crippen LogP contribution < -0.4 is 5.32 Å². The second kappa shape index (κ2) is 6.99. The lowest BCUT2D eigenvalue weighted by atomic mass is 10.00. The van der Waals surface area contributed by atoms with Gasteiger partial charge in [-0.05, 0) is 48.6 Å². The van der Waals surface area contributed by atoms with E-state index < -0.39 is 0 Å². The Morgan fingerprint density at radius 3 is 2.38 bits per heavy atom. The van der Waals surface area contributed by atoms with Gasteiger partial charge in [0.25, 0.3) is 0 Å². The minimum Gasteiger partial charge on any atom is -0.378 e. The Morgan fingerprint density at radius 1 is 1.05 bits per heavy atom. The van der Waals surface area contributed by atoms with Crippen LogP contribution in [0.4, 0.5) is 5.69 Å². The van der Waals surface area contributed by atoms with Crippen LogP contribution >= 0.6 is 0 Å². The maximum Gasteiger partial charge on any atom is 0.0485 e. The fourth-order valence-corrected chi connectivity index (χ4v) is 2.45. The molecule has 0 spiro atoms. The minimum atomic E-state index is 0.256. The van der Waals surface area contributed by atoms with Crippen molar-refractivity contribution in [2.24, 2.45) is 5.92 Å². The molecule has 2 aromatic carbocycles. The molecular weight excluding hydrogens is 254 g/mol. The second-order valence-corrected chi connectivity index (χ2v) is 5.93. The third-order valence-corrected chi connectivity index (χ3v) is 3.54. The third kappa shape index (κ3) is 4.39. The van der Waals surface area contributed by atoms with Crippen molar-refractivity contribution in [2.75, 3.05) is 5.32 Å². The van der Waals surface area contributed by atoms with Gasteiger partial charge in [0.2, 0.25) is 0 Å². The summed E-state index contributed by atoms with van der Waals surface area (Å²) in [6.07, 6.45) is 6.57. The Kier molecular flexibility index (Phi) is 5.06. The molecule has 0 aliphatic rings. The van der Waals surface area contributed by atoms with E-state index in [1.165, 1.54) is 11.1 Å². The fraction of sp³-hybridized carbons (Fsp3) is 0.300. The highest BCUT2D eigenvalue weighted by Gasteiger charge is 2.06. The number of hydrogen-bond acceptors (Lipinski definition) is 1. The van der Waals surface area contributed by atoms with Gasteiger partial charge in [-0.1, -0.05) is 50.1 Å². The fourth-order valence-electron chi connectivity index (χ4n) is 2.45. The van der Waals surface area contributed by atoms with E-state index in [4.69, 9.17) is 6.42 Å². The molecule has 1 nitrogen and oxygen atoms in total. The molecule has 0 aromatic heterocycles. The highest BCUT2D eigenvalue weighted by molar-refractivity contribution is 5.51. The highest BCUT2D eigenvalue weighted by Crippen LogP contribution is 2.21. The van der Waals surface area contributed by atoms with Crippen molar-refractivity contribution in [3.63, 3.8) is 0 Å². The topological polar surface area (TPSA) is 12.0 Å². The summed E-state index contributed by atoms with van der Waals surface area (Å²) in [5, 5.41) is 3.50. The molecule has 1 heteroatoms. The van der Waals surface area contributed by atoms with Gasteiger partial charge >= 0.3 is 0 Å². The molecule has 21 heavy (non-hydrogen) atoms. The monoisotopic (exact) mass is 277 g/mol. The first-order valence-electron chi connectivity index (χ1n) is 7.50. The van der Waals surface area contributed by atoms with Gasteiger partial charge in [-0.15, -0.1) is 6.42 Å². The van der Waals surface area contributed by atoms with Crippen LogP contribution in [0, 0.1) is 18.3 Å². The van der Waals surface area contributed by atoms with Gasteiger partial charge < -0.3 is 5.32 Å². The predicted octanol–water partition coefficient (Wildman–Crippen LogP) is 5.04. The van der Waals surface area contributed by atoms with Crippen LogP contribution in [0.2, 0.25) is 0 Å². The van der Waals surface area contributed by atoms with E-state index in [9.17, 15) is 0 Å². The van der Waals surface area contributed by atoms with Gasteiger partial charge in [-0.3, -0.25) is 0 Å². The van der Waals surface area contributed by atoms with Gasteiger partial charge in [0.15, 0.2) is 0 Å². The zero-order valence-corrected chi connectivity index (χ0v) is 13.1. The largest absolute Gasteiger partial charge is 0.378 e. The normalized spacial score (nSPS) is 12.0. The molecular formula is C20H23N. The van der Waals surface area contributed by atoms with E-state index in [-0.39, 0.29) is 6.04 Å².